The summed E-state index contributed by atoms with van der Waals surface area (Å²) < 4.78 is 46.8. The van der Waals surface area contributed by atoms with Gasteiger partial charge in [0.25, 0.3) is 11.8 Å². The molecule has 0 spiro atoms. The second-order valence-electron chi connectivity index (χ2n) is 8.40. The first-order chi connectivity index (χ1) is 18.5. The molecule has 3 N–H and O–H groups in total. The summed E-state index contributed by atoms with van der Waals surface area (Å²) in [7, 11) is 0. The minimum absolute atomic E-state index is 0.00685. The smallest absolute Gasteiger partial charge is 0.365 e. The van der Waals surface area contributed by atoms with Crippen molar-refractivity contribution in [2.24, 2.45) is 5.73 Å². The molecule has 0 aliphatic carbocycles. The van der Waals surface area contributed by atoms with Crippen molar-refractivity contribution >= 4 is 55.0 Å². The Labute approximate surface area is 230 Å². The number of aryl methyl sites for hydroxylation is 1. The van der Waals surface area contributed by atoms with E-state index in [0.717, 1.165) is 10.5 Å². The normalized spacial score (nSPS) is 11.8. The lowest BCUT2D eigenvalue weighted by Crippen LogP contribution is -2.18. The number of nitrogens with zero attached hydrogens (tertiary/aromatic N) is 7. The Bertz CT molecular complexity index is 1730. The summed E-state index contributed by atoms with van der Waals surface area (Å²) in [6.45, 7) is 4.28. The number of aromatic nitrogens is 7. The molecule has 5 heterocycles. The van der Waals surface area contributed by atoms with Crippen LogP contribution < -0.4 is 11.1 Å². The Morgan fingerprint density at radius 3 is 2.56 bits per heavy atom. The number of pyridine rings is 1. The number of fused-ring (bicyclic) bond motifs is 1. The van der Waals surface area contributed by atoms with Crippen molar-refractivity contribution in [2.75, 3.05) is 5.32 Å². The lowest BCUT2D eigenvalue weighted by atomic mass is 10.0. The molecule has 5 rings (SSSR count). The minimum atomic E-state index is -4.76. The molecule has 5 aromatic heterocycles. The molecule has 0 aliphatic rings. The minimum Gasteiger partial charge on any atom is -0.365 e. The molecule has 0 saturated heterocycles. The molecular weight excluding hydrogens is 603 g/mol. The molecule has 11 nitrogen and oxygen atoms in total. The highest BCUT2D eigenvalue weighted by Crippen LogP contribution is 2.44. The number of hydrogen-bond acceptors (Lipinski definition) is 7. The second kappa shape index (κ2) is 9.92. The van der Waals surface area contributed by atoms with Crippen LogP contribution in [0.4, 0.5) is 18.9 Å². The number of halogens is 4. The Morgan fingerprint density at radius 1 is 1.18 bits per heavy atom. The topological polar surface area (TPSA) is 139 Å². The molecule has 0 radical (unpaired) electrons. The lowest BCUT2D eigenvalue weighted by Gasteiger charge is -2.12. The zero-order valence-corrected chi connectivity index (χ0v) is 22.7. The van der Waals surface area contributed by atoms with Crippen molar-refractivity contribution in [3.05, 3.63) is 63.4 Å². The molecule has 5 aromatic rings. The van der Waals surface area contributed by atoms with Gasteiger partial charge in [-0.1, -0.05) is 0 Å². The van der Waals surface area contributed by atoms with E-state index in [1.54, 1.807) is 34.9 Å². The fourth-order valence-corrected chi connectivity index (χ4v) is 5.42. The van der Waals surface area contributed by atoms with Crippen LogP contribution in [0.25, 0.3) is 21.3 Å². The van der Waals surface area contributed by atoms with Gasteiger partial charge in [-0.3, -0.25) is 19.0 Å². The van der Waals surface area contributed by atoms with Crippen LogP contribution in [-0.2, 0) is 19.4 Å². The highest BCUT2D eigenvalue weighted by atomic mass is 79.9. The number of primary amides is 1. The van der Waals surface area contributed by atoms with E-state index in [1.165, 1.54) is 16.9 Å². The van der Waals surface area contributed by atoms with E-state index < -0.39 is 23.7 Å². The molecule has 0 bridgehead atoms. The summed E-state index contributed by atoms with van der Waals surface area (Å²) in [6, 6.07) is 2.35. The average molecular weight is 622 g/mol. The Hall–Kier alpha value is -4.05. The van der Waals surface area contributed by atoms with E-state index in [2.05, 4.69) is 41.5 Å². The number of anilines is 1. The van der Waals surface area contributed by atoms with Crippen molar-refractivity contribution in [3.8, 4) is 11.1 Å². The highest BCUT2D eigenvalue weighted by Gasteiger charge is 2.35. The lowest BCUT2D eigenvalue weighted by molar-refractivity contribution is -0.140. The predicted molar refractivity (Wildman–Crippen MR) is 140 cm³/mol. The molecule has 0 aromatic carbocycles. The first-order valence-corrected chi connectivity index (χ1v) is 13.0. The number of alkyl halides is 3. The van der Waals surface area contributed by atoms with Crippen molar-refractivity contribution in [3.63, 3.8) is 0 Å². The van der Waals surface area contributed by atoms with E-state index in [0.29, 0.717) is 29.1 Å². The van der Waals surface area contributed by atoms with Gasteiger partial charge in [-0.05, 0) is 47.5 Å². The van der Waals surface area contributed by atoms with Gasteiger partial charge < -0.3 is 11.1 Å². The van der Waals surface area contributed by atoms with E-state index in [4.69, 9.17) is 5.73 Å². The van der Waals surface area contributed by atoms with Crippen LogP contribution in [0.15, 0.2) is 41.4 Å². The third kappa shape index (κ3) is 5.04. The Morgan fingerprint density at radius 2 is 1.95 bits per heavy atom. The van der Waals surface area contributed by atoms with Crippen molar-refractivity contribution in [1.82, 2.24) is 34.3 Å². The molecule has 0 unspecified atom stereocenters. The van der Waals surface area contributed by atoms with Crippen LogP contribution in [0.3, 0.4) is 0 Å². The van der Waals surface area contributed by atoms with Crippen LogP contribution >= 0.6 is 27.3 Å². The van der Waals surface area contributed by atoms with Gasteiger partial charge in [0.2, 0.25) is 0 Å². The molecule has 202 valence electrons. The van der Waals surface area contributed by atoms with Gasteiger partial charge in [0.15, 0.2) is 5.69 Å². The number of nitrogens with two attached hydrogens (primary N) is 1. The summed E-state index contributed by atoms with van der Waals surface area (Å²) in [5.74, 6) is -1.62. The Balaban J connectivity index is 1.61. The SMILES string of the molecule is CCn1ncc(-c2cc(C(F)(F)F)nc3sc(C(N)=O)c(NC(=O)c4ccn(Cn5cc(Br)cn5)n4)c23)c1C. The number of rotatable bonds is 7. The first kappa shape index (κ1) is 26.6. The zero-order valence-electron chi connectivity index (χ0n) is 20.3. The standard InChI is InChI=1S/C23H19BrF3N9O2S/c1-3-36-11(2)14(8-30-36)13-6-16(23(25,26)27)31-22-17(13)18(19(39-22)20(28)37)32-21(38)15-4-5-34(33-15)10-35-9-12(24)7-29-35/h4-9H,3,10H2,1-2H3,(H2,28,37)(H,32,38). The van der Waals surface area contributed by atoms with E-state index in [1.807, 2.05) is 6.92 Å². The molecule has 0 saturated carbocycles. The van der Waals surface area contributed by atoms with Gasteiger partial charge in [-0.2, -0.15) is 28.5 Å². The largest absolute Gasteiger partial charge is 0.433 e. The fraction of sp³-hybridized carbons (Fsp3) is 0.217. The monoisotopic (exact) mass is 621 g/mol. The zero-order chi connectivity index (χ0) is 28.1. The predicted octanol–water partition coefficient (Wildman–Crippen LogP) is 4.52. The number of amides is 2. The van der Waals surface area contributed by atoms with E-state index in [9.17, 15) is 22.8 Å². The van der Waals surface area contributed by atoms with Gasteiger partial charge in [-0.25, -0.2) is 9.67 Å². The first-order valence-electron chi connectivity index (χ1n) is 11.4. The molecule has 0 fully saturated rings. The summed E-state index contributed by atoms with van der Waals surface area (Å²) in [6.07, 6.45) is 1.58. The van der Waals surface area contributed by atoms with Gasteiger partial charge in [0, 0.05) is 35.6 Å². The molecule has 16 heteroatoms. The van der Waals surface area contributed by atoms with Gasteiger partial charge >= 0.3 is 6.18 Å². The third-order valence-electron chi connectivity index (χ3n) is 5.87. The number of thiophene rings is 1. The van der Waals surface area contributed by atoms with Gasteiger partial charge in [0.1, 0.15) is 22.1 Å². The van der Waals surface area contributed by atoms with Gasteiger partial charge in [-0.15, -0.1) is 11.3 Å². The number of hydrogen-bond donors (Lipinski definition) is 2. The molecule has 39 heavy (non-hydrogen) atoms. The summed E-state index contributed by atoms with van der Waals surface area (Å²) in [4.78, 5) is 29.1. The van der Waals surface area contributed by atoms with Crippen LogP contribution in [0, 0.1) is 6.92 Å². The molecule has 0 atom stereocenters. The highest BCUT2D eigenvalue weighted by molar-refractivity contribution is 9.10. The third-order valence-corrected chi connectivity index (χ3v) is 7.38. The maximum Gasteiger partial charge on any atom is 0.433 e. The Kier molecular flexibility index (Phi) is 6.76. The van der Waals surface area contributed by atoms with E-state index >= 15 is 0 Å². The van der Waals surface area contributed by atoms with E-state index in [-0.39, 0.29) is 38.7 Å². The number of carbonyl (C=O) groups is 2. The summed E-state index contributed by atoms with van der Waals surface area (Å²) >= 11 is 3.97. The number of carbonyl (C=O) groups excluding carboxylic acids is 2. The van der Waals surface area contributed by atoms with Crippen molar-refractivity contribution in [1.29, 1.82) is 0 Å². The summed E-state index contributed by atoms with van der Waals surface area (Å²) in [5, 5.41) is 15.4. The summed E-state index contributed by atoms with van der Waals surface area (Å²) in [5.41, 5.74) is 5.50. The van der Waals surface area contributed by atoms with Crippen LogP contribution in [0.1, 0.15) is 38.5 Å². The van der Waals surface area contributed by atoms with Crippen LogP contribution in [0.2, 0.25) is 0 Å². The quantitative estimate of drug-likeness (QED) is 0.274. The van der Waals surface area contributed by atoms with Crippen LogP contribution in [-0.4, -0.2) is 46.1 Å². The van der Waals surface area contributed by atoms with Crippen LogP contribution in [0.5, 0.6) is 0 Å². The van der Waals surface area contributed by atoms with Gasteiger partial charge in [0.05, 0.1) is 22.6 Å². The van der Waals surface area contributed by atoms with Crippen molar-refractivity contribution < 1.29 is 22.8 Å². The molecular formula is C23H19BrF3N9O2S. The maximum absolute atomic E-state index is 13.8. The van der Waals surface area contributed by atoms with Crippen molar-refractivity contribution in [2.45, 2.75) is 33.2 Å². The molecule has 2 amide bonds. The fourth-order valence-electron chi connectivity index (χ4n) is 4.08. The average Bonchev–Trinajstić information content (AvgIpc) is 3.65. The number of nitrogens with one attached hydrogen (secondary N) is 1. The maximum atomic E-state index is 13.8. The second-order valence-corrected chi connectivity index (χ2v) is 10.3. The molecule has 0 aliphatic heterocycles.